The minimum absolute atomic E-state index is 0.298. The molecule has 4 heteroatoms. The number of aryl methyl sites for hydroxylation is 2. The fourth-order valence-corrected chi connectivity index (χ4v) is 4.43. The number of aromatic hydroxyl groups is 2. The average Bonchev–Trinajstić information content (AvgIpc) is 2.83. The van der Waals surface area contributed by atoms with Crippen LogP contribution in [0.1, 0.15) is 74.9 Å². The summed E-state index contributed by atoms with van der Waals surface area (Å²) in [5.41, 5.74) is 7.29. The lowest BCUT2D eigenvalue weighted by atomic mass is 9.96. The summed E-state index contributed by atoms with van der Waals surface area (Å²) < 4.78 is 0. The van der Waals surface area contributed by atoms with Crippen molar-refractivity contribution in [3.8, 4) is 11.5 Å². The first-order valence-corrected chi connectivity index (χ1v) is 13.1. The molecule has 190 valence electrons. The van der Waals surface area contributed by atoms with E-state index in [-0.39, 0.29) is 0 Å². The van der Waals surface area contributed by atoms with Gasteiger partial charge >= 0.3 is 0 Å². The number of phenols is 2. The van der Waals surface area contributed by atoms with Crippen molar-refractivity contribution in [3.63, 3.8) is 0 Å². The minimum atomic E-state index is 0.298. The number of aliphatic imine (C=N–C) groups is 2. The second kappa shape index (κ2) is 12.5. The van der Waals surface area contributed by atoms with Gasteiger partial charge in [0.05, 0.1) is 11.4 Å². The highest BCUT2D eigenvalue weighted by atomic mass is 16.3. The Bertz CT molecular complexity index is 1150. The van der Waals surface area contributed by atoms with Gasteiger partial charge in [0.15, 0.2) is 0 Å². The Kier molecular flexibility index (Phi) is 9.46. The van der Waals surface area contributed by atoms with Gasteiger partial charge in [-0.25, -0.2) is 0 Å². The molecule has 36 heavy (non-hydrogen) atoms. The molecule has 0 radical (unpaired) electrons. The molecule has 0 amide bonds. The zero-order chi connectivity index (χ0) is 26.2. The van der Waals surface area contributed by atoms with Crippen LogP contribution in [0.3, 0.4) is 0 Å². The summed E-state index contributed by atoms with van der Waals surface area (Å²) in [4.78, 5) is 9.26. The van der Waals surface area contributed by atoms with Gasteiger partial charge in [-0.05, 0) is 90.1 Å². The Morgan fingerprint density at radius 2 is 1.08 bits per heavy atom. The predicted octanol–water partition coefficient (Wildman–Crippen LogP) is 8.12. The molecule has 0 aliphatic heterocycles. The molecule has 0 atom stereocenters. The third kappa shape index (κ3) is 7.30. The number of phenolic OH excluding ortho intramolecular Hbond substituents is 2. The van der Waals surface area contributed by atoms with E-state index in [1.165, 1.54) is 11.1 Å². The maximum Gasteiger partial charge on any atom is 0.127 e. The van der Waals surface area contributed by atoms with E-state index in [0.29, 0.717) is 23.3 Å². The van der Waals surface area contributed by atoms with Gasteiger partial charge in [-0.1, -0.05) is 59.7 Å². The number of benzene rings is 3. The quantitative estimate of drug-likeness (QED) is 0.285. The largest absolute Gasteiger partial charge is 0.507 e. The summed E-state index contributed by atoms with van der Waals surface area (Å²) in [5.74, 6) is 1.67. The van der Waals surface area contributed by atoms with E-state index in [1.807, 2.05) is 36.4 Å². The van der Waals surface area contributed by atoms with Gasteiger partial charge in [0.2, 0.25) is 0 Å². The molecular formula is C32H40N2O2. The molecule has 0 spiro atoms. The summed E-state index contributed by atoms with van der Waals surface area (Å²) >= 11 is 0. The van der Waals surface area contributed by atoms with E-state index in [9.17, 15) is 10.2 Å². The molecule has 0 aliphatic rings. The van der Waals surface area contributed by atoms with Crippen LogP contribution in [0.25, 0.3) is 0 Å². The van der Waals surface area contributed by atoms with Crippen molar-refractivity contribution in [1.82, 2.24) is 0 Å². The Balaban J connectivity index is 1.87. The Hall–Kier alpha value is -3.40. The first kappa shape index (κ1) is 27.2. The summed E-state index contributed by atoms with van der Waals surface area (Å²) in [5, 5.41) is 21.4. The fourth-order valence-electron chi connectivity index (χ4n) is 4.43. The van der Waals surface area contributed by atoms with Crippen LogP contribution in [-0.2, 0) is 25.7 Å². The fraction of sp³-hybridized carbons (Fsp3) is 0.375. The SMILES string of the molecule is CCc1cc(CC(C)C)cc(C=Nc2cccc(N=Cc3cc(CC(C)C)cc(CC)c3O)c2)c1O. The smallest absolute Gasteiger partial charge is 0.127 e. The van der Waals surface area contributed by atoms with E-state index in [4.69, 9.17) is 0 Å². The molecule has 0 fully saturated rings. The number of hydrogen-bond acceptors (Lipinski definition) is 4. The number of rotatable bonds is 10. The summed E-state index contributed by atoms with van der Waals surface area (Å²) in [6.45, 7) is 12.9. The van der Waals surface area contributed by atoms with Crippen molar-refractivity contribution in [2.45, 2.75) is 67.2 Å². The van der Waals surface area contributed by atoms with Crippen LogP contribution < -0.4 is 0 Å². The van der Waals surface area contributed by atoms with Crippen molar-refractivity contribution in [2.24, 2.45) is 21.8 Å². The molecule has 0 bridgehead atoms. The highest BCUT2D eigenvalue weighted by Crippen LogP contribution is 2.28. The van der Waals surface area contributed by atoms with E-state index < -0.39 is 0 Å². The van der Waals surface area contributed by atoms with E-state index >= 15 is 0 Å². The number of nitrogens with zero attached hydrogens (tertiary/aromatic N) is 2. The Labute approximate surface area is 216 Å². The average molecular weight is 485 g/mol. The van der Waals surface area contributed by atoms with E-state index in [0.717, 1.165) is 59.3 Å². The van der Waals surface area contributed by atoms with Crippen molar-refractivity contribution in [3.05, 3.63) is 81.9 Å². The highest BCUT2D eigenvalue weighted by molar-refractivity contribution is 5.88. The first-order valence-electron chi connectivity index (χ1n) is 13.1. The lowest BCUT2D eigenvalue weighted by Gasteiger charge is -2.11. The van der Waals surface area contributed by atoms with Crippen molar-refractivity contribution in [2.75, 3.05) is 0 Å². The van der Waals surface area contributed by atoms with Crippen LogP contribution in [0.15, 0.2) is 58.5 Å². The van der Waals surface area contributed by atoms with Crippen LogP contribution >= 0.6 is 0 Å². The molecule has 3 rings (SSSR count). The lowest BCUT2D eigenvalue weighted by Crippen LogP contribution is -1.98. The zero-order valence-electron chi connectivity index (χ0n) is 22.5. The lowest BCUT2D eigenvalue weighted by molar-refractivity contribution is 0.467. The zero-order valence-corrected chi connectivity index (χ0v) is 22.5. The second-order valence-electron chi connectivity index (χ2n) is 10.3. The maximum atomic E-state index is 10.7. The van der Waals surface area contributed by atoms with Crippen molar-refractivity contribution in [1.29, 1.82) is 0 Å². The third-order valence-corrected chi connectivity index (χ3v) is 6.14. The molecule has 0 aromatic heterocycles. The molecule has 2 N–H and O–H groups in total. The van der Waals surface area contributed by atoms with Gasteiger partial charge in [0.25, 0.3) is 0 Å². The van der Waals surface area contributed by atoms with Crippen LogP contribution in [0.4, 0.5) is 11.4 Å². The molecule has 0 saturated carbocycles. The summed E-state index contributed by atoms with van der Waals surface area (Å²) in [6.07, 6.45) is 6.93. The highest BCUT2D eigenvalue weighted by Gasteiger charge is 2.10. The number of hydrogen-bond donors (Lipinski definition) is 2. The van der Waals surface area contributed by atoms with Crippen LogP contribution in [0.5, 0.6) is 11.5 Å². The third-order valence-electron chi connectivity index (χ3n) is 6.14. The standard InChI is InChI=1S/C32H40N2O2/c1-7-25-14-23(12-21(3)4)16-27(31(25)35)19-33-29-10-9-11-30(18-29)34-20-28-17-24(13-22(5)6)15-26(8-2)32(28)36/h9-11,14-22,35-36H,7-8,12-13H2,1-6H3. The van der Waals surface area contributed by atoms with Gasteiger partial charge < -0.3 is 10.2 Å². The van der Waals surface area contributed by atoms with Crippen LogP contribution in [0.2, 0.25) is 0 Å². The van der Waals surface area contributed by atoms with Gasteiger partial charge in [0, 0.05) is 23.6 Å². The van der Waals surface area contributed by atoms with Gasteiger partial charge in [-0.15, -0.1) is 0 Å². The van der Waals surface area contributed by atoms with E-state index in [1.54, 1.807) is 12.4 Å². The van der Waals surface area contributed by atoms with E-state index in [2.05, 4.69) is 63.7 Å². The minimum Gasteiger partial charge on any atom is -0.507 e. The van der Waals surface area contributed by atoms with Crippen LogP contribution in [0, 0.1) is 11.8 Å². The molecule has 3 aromatic rings. The van der Waals surface area contributed by atoms with Gasteiger partial charge in [-0.2, -0.15) is 0 Å². The topological polar surface area (TPSA) is 65.2 Å². The molecular weight excluding hydrogens is 444 g/mol. The molecule has 0 heterocycles. The van der Waals surface area contributed by atoms with Gasteiger partial charge in [0.1, 0.15) is 11.5 Å². The molecule has 0 aliphatic carbocycles. The normalized spacial score (nSPS) is 12.0. The molecule has 0 saturated heterocycles. The summed E-state index contributed by atoms with van der Waals surface area (Å²) in [6, 6.07) is 15.9. The summed E-state index contributed by atoms with van der Waals surface area (Å²) in [7, 11) is 0. The maximum absolute atomic E-state index is 10.7. The van der Waals surface area contributed by atoms with Crippen LogP contribution in [-0.4, -0.2) is 22.6 Å². The second-order valence-corrected chi connectivity index (χ2v) is 10.3. The first-order chi connectivity index (χ1) is 17.2. The monoisotopic (exact) mass is 484 g/mol. The molecule has 3 aromatic carbocycles. The van der Waals surface area contributed by atoms with Crippen molar-refractivity contribution < 1.29 is 10.2 Å². The predicted molar refractivity (Wildman–Crippen MR) is 153 cm³/mol. The molecule has 0 unspecified atom stereocenters. The van der Waals surface area contributed by atoms with Crippen molar-refractivity contribution >= 4 is 23.8 Å². The Morgan fingerprint density at radius 3 is 1.44 bits per heavy atom. The molecule has 4 nitrogen and oxygen atoms in total. The Morgan fingerprint density at radius 1 is 0.667 bits per heavy atom. The van der Waals surface area contributed by atoms with Gasteiger partial charge in [-0.3, -0.25) is 9.98 Å².